The van der Waals surface area contributed by atoms with E-state index in [0.29, 0.717) is 29.2 Å². The zero-order valence-corrected chi connectivity index (χ0v) is 20.1. The molecule has 2 saturated heterocycles. The summed E-state index contributed by atoms with van der Waals surface area (Å²) in [6.07, 6.45) is 1.51. The van der Waals surface area contributed by atoms with Gasteiger partial charge in [-0.2, -0.15) is 0 Å². The molecule has 0 unspecified atom stereocenters. The molecule has 8 heteroatoms. The van der Waals surface area contributed by atoms with Gasteiger partial charge in [-0.3, -0.25) is 19.3 Å². The van der Waals surface area contributed by atoms with Crippen LogP contribution in [-0.4, -0.2) is 78.7 Å². The number of nitrogens with zero attached hydrogens (tertiary/aromatic N) is 4. The second-order valence-electron chi connectivity index (χ2n) is 9.42. The number of likely N-dealkylation sites (N-methyl/N-ethyl adjacent to an activating group) is 1. The first-order valence-corrected chi connectivity index (χ1v) is 12.3. The molecule has 0 radical (unpaired) electrons. The Morgan fingerprint density at radius 1 is 0.941 bits per heavy atom. The molecule has 0 bridgehead atoms. The number of piperidine rings is 1. The molecule has 7 nitrogen and oxygen atoms in total. The second-order valence-corrected chi connectivity index (χ2v) is 9.85. The third-order valence-electron chi connectivity index (χ3n) is 7.21. The van der Waals surface area contributed by atoms with E-state index in [1.807, 2.05) is 29.2 Å². The molecule has 3 heterocycles. The van der Waals surface area contributed by atoms with Crippen LogP contribution in [0.25, 0.3) is 0 Å². The Morgan fingerprint density at radius 2 is 1.65 bits per heavy atom. The smallest absolute Gasteiger partial charge is 0.263 e. The minimum atomic E-state index is -0.276. The quantitative estimate of drug-likeness (QED) is 0.629. The number of fused-ring (bicyclic) bond motifs is 1. The maximum Gasteiger partial charge on any atom is 0.263 e. The van der Waals surface area contributed by atoms with Gasteiger partial charge in [-0.25, -0.2) is 0 Å². The van der Waals surface area contributed by atoms with Crippen LogP contribution >= 0.6 is 11.6 Å². The van der Waals surface area contributed by atoms with Gasteiger partial charge in [-0.05, 0) is 49.7 Å². The van der Waals surface area contributed by atoms with E-state index in [1.54, 1.807) is 18.2 Å². The van der Waals surface area contributed by atoms with Crippen molar-refractivity contribution in [3.63, 3.8) is 0 Å². The van der Waals surface area contributed by atoms with Crippen LogP contribution < -0.4 is 4.90 Å². The molecule has 3 aliphatic heterocycles. The standard InChI is InChI=1S/C26H29ClN4O3/c1-28-12-14-30(15-13-28)24(32)19-8-10-29(11-9-19)22-7-3-6-21-23(22)26(34)31(25(21)33)17-18-4-2-5-20(27)16-18/h2-7,16,19H,8-15,17H2,1H3. The van der Waals surface area contributed by atoms with Crippen LogP contribution in [0.5, 0.6) is 0 Å². The van der Waals surface area contributed by atoms with Crippen LogP contribution in [0.1, 0.15) is 39.1 Å². The minimum Gasteiger partial charge on any atom is -0.371 e. The van der Waals surface area contributed by atoms with Gasteiger partial charge >= 0.3 is 0 Å². The number of amides is 3. The van der Waals surface area contributed by atoms with Crippen LogP contribution in [-0.2, 0) is 11.3 Å². The zero-order valence-electron chi connectivity index (χ0n) is 19.4. The van der Waals surface area contributed by atoms with E-state index < -0.39 is 0 Å². The molecule has 0 aliphatic carbocycles. The van der Waals surface area contributed by atoms with Gasteiger partial charge in [0.15, 0.2) is 0 Å². The molecule has 3 amide bonds. The van der Waals surface area contributed by atoms with Crippen molar-refractivity contribution >= 4 is 35.0 Å². The summed E-state index contributed by atoms with van der Waals surface area (Å²) in [5.74, 6) is -0.272. The van der Waals surface area contributed by atoms with Crippen molar-refractivity contribution in [3.05, 3.63) is 64.2 Å². The Bertz CT molecular complexity index is 1120. The Balaban J connectivity index is 1.29. The van der Waals surface area contributed by atoms with Gasteiger partial charge < -0.3 is 14.7 Å². The highest BCUT2D eigenvalue weighted by Crippen LogP contribution is 2.35. The van der Waals surface area contributed by atoms with Crippen molar-refractivity contribution in [2.75, 3.05) is 51.2 Å². The summed E-state index contributed by atoms with van der Waals surface area (Å²) in [6, 6.07) is 12.7. The molecule has 3 aliphatic rings. The fourth-order valence-corrected chi connectivity index (χ4v) is 5.41. The molecule has 178 valence electrons. The Labute approximate surface area is 204 Å². The molecule has 0 N–H and O–H groups in total. The molecule has 0 aromatic heterocycles. The average molecular weight is 481 g/mol. The van der Waals surface area contributed by atoms with E-state index in [0.717, 1.165) is 50.3 Å². The minimum absolute atomic E-state index is 0.0214. The van der Waals surface area contributed by atoms with E-state index in [1.165, 1.54) is 4.90 Å². The fourth-order valence-electron chi connectivity index (χ4n) is 5.19. The van der Waals surface area contributed by atoms with Crippen molar-refractivity contribution in [1.82, 2.24) is 14.7 Å². The highest BCUT2D eigenvalue weighted by molar-refractivity contribution is 6.30. The predicted molar refractivity (Wildman–Crippen MR) is 131 cm³/mol. The summed E-state index contributed by atoms with van der Waals surface area (Å²) in [4.78, 5) is 47.1. The number of halogens is 1. The third-order valence-corrected chi connectivity index (χ3v) is 7.44. The summed E-state index contributed by atoms with van der Waals surface area (Å²) in [5, 5.41) is 0.573. The number of benzene rings is 2. The predicted octanol–water partition coefficient (Wildman–Crippen LogP) is 3.13. The lowest BCUT2D eigenvalue weighted by Crippen LogP contribution is -2.50. The molecule has 0 saturated carbocycles. The molecule has 2 aromatic carbocycles. The summed E-state index contributed by atoms with van der Waals surface area (Å²) in [5.41, 5.74) is 2.51. The van der Waals surface area contributed by atoms with Gasteiger partial charge in [0.2, 0.25) is 5.91 Å². The van der Waals surface area contributed by atoms with Crippen LogP contribution in [0.4, 0.5) is 5.69 Å². The zero-order chi connectivity index (χ0) is 23.8. The van der Waals surface area contributed by atoms with E-state index >= 15 is 0 Å². The molecule has 2 aromatic rings. The Hall–Kier alpha value is -2.90. The number of imide groups is 1. The molecular weight excluding hydrogens is 452 g/mol. The Kier molecular flexibility index (Phi) is 6.32. The number of anilines is 1. The number of carbonyl (C=O) groups is 3. The summed E-state index contributed by atoms with van der Waals surface area (Å²) >= 11 is 6.08. The molecule has 2 fully saturated rings. The van der Waals surface area contributed by atoms with Crippen LogP contribution in [0.2, 0.25) is 5.02 Å². The SMILES string of the molecule is CN1CCN(C(=O)C2CCN(c3cccc4c3C(=O)N(Cc3cccc(Cl)c3)C4=O)CC2)CC1. The topological polar surface area (TPSA) is 64.2 Å². The Morgan fingerprint density at radius 3 is 2.35 bits per heavy atom. The maximum absolute atomic E-state index is 13.3. The molecule has 0 spiro atoms. The van der Waals surface area contributed by atoms with Crippen LogP contribution in [0, 0.1) is 5.92 Å². The van der Waals surface area contributed by atoms with E-state index in [2.05, 4.69) is 16.8 Å². The first-order valence-electron chi connectivity index (χ1n) is 11.9. The third kappa shape index (κ3) is 4.30. The van der Waals surface area contributed by atoms with E-state index in [9.17, 15) is 14.4 Å². The molecule has 5 rings (SSSR count). The van der Waals surface area contributed by atoms with Crippen molar-refractivity contribution in [2.24, 2.45) is 5.92 Å². The average Bonchev–Trinajstić information content (AvgIpc) is 3.09. The van der Waals surface area contributed by atoms with Gasteiger partial charge in [0, 0.05) is 50.2 Å². The normalized spacial score (nSPS) is 19.6. The first-order chi connectivity index (χ1) is 16.4. The van der Waals surface area contributed by atoms with Crippen LogP contribution in [0.3, 0.4) is 0 Å². The van der Waals surface area contributed by atoms with Crippen LogP contribution in [0.15, 0.2) is 42.5 Å². The number of hydrogen-bond donors (Lipinski definition) is 0. The maximum atomic E-state index is 13.3. The first kappa shape index (κ1) is 22.9. The van der Waals surface area contributed by atoms with Gasteiger partial charge in [0.05, 0.1) is 23.4 Å². The van der Waals surface area contributed by atoms with Gasteiger partial charge in [0.1, 0.15) is 0 Å². The number of rotatable bonds is 4. The highest BCUT2D eigenvalue weighted by Gasteiger charge is 2.39. The van der Waals surface area contributed by atoms with Gasteiger partial charge in [0.25, 0.3) is 11.8 Å². The molecule has 0 atom stereocenters. The van der Waals surface area contributed by atoms with E-state index in [4.69, 9.17) is 11.6 Å². The fraction of sp³-hybridized carbons (Fsp3) is 0.423. The van der Waals surface area contributed by atoms with Gasteiger partial charge in [-0.1, -0.05) is 29.8 Å². The number of piperazine rings is 1. The molecular formula is C26H29ClN4O3. The summed E-state index contributed by atoms with van der Waals surface area (Å²) in [6.45, 7) is 4.99. The largest absolute Gasteiger partial charge is 0.371 e. The highest BCUT2D eigenvalue weighted by atomic mass is 35.5. The summed E-state index contributed by atoms with van der Waals surface area (Å²) < 4.78 is 0. The van der Waals surface area contributed by atoms with Crippen molar-refractivity contribution < 1.29 is 14.4 Å². The summed E-state index contributed by atoms with van der Waals surface area (Å²) in [7, 11) is 2.08. The number of hydrogen-bond acceptors (Lipinski definition) is 5. The van der Waals surface area contributed by atoms with Crippen molar-refractivity contribution in [1.29, 1.82) is 0 Å². The second kappa shape index (κ2) is 9.39. The lowest BCUT2D eigenvalue weighted by Gasteiger charge is -2.38. The lowest BCUT2D eigenvalue weighted by molar-refractivity contribution is -0.137. The van der Waals surface area contributed by atoms with E-state index in [-0.39, 0.29) is 30.2 Å². The van der Waals surface area contributed by atoms with Crippen molar-refractivity contribution in [3.8, 4) is 0 Å². The lowest BCUT2D eigenvalue weighted by atomic mass is 9.93. The van der Waals surface area contributed by atoms with Gasteiger partial charge in [-0.15, -0.1) is 0 Å². The monoisotopic (exact) mass is 480 g/mol. The van der Waals surface area contributed by atoms with Crippen molar-refractivity contribution in [2.45, 2.75) is 19.4 Å². The number of carbonyl (C=O) groups excluding carboxylic acids is 3. The molecule has 34 heavy (non-hydrogen) atoms.